The molecular weight excluding hydrogens is 146 g/mol. The molecule has 1 saturated heterocycles. The van der Waals surface area contributed by atoms with Crippen LogP contribution in [0.4, 0.5) is 4.79 Å². The number of carbonyl (C=O) groups is 1. The van der Waals surface area contributed by atoms with Crippen LogP contribution in [-0.4, -0.2) is 42.4 Å². The van der Waals surface area contributed by atoms with E-state index in [0.717, 1.165) is 12.8 Å². The number of hydrogen-bond acceptors (Lipinski definition) is 2. The van der Waals surface area contributed by atoms with Crippen molar-refractivity contribution in [2.45, 2.75) is 18.9 Å². The Morgan fingerprint density at radius 2 is 2.55 bits per heavy atom. The van der Waals surface area contributed by atoms with Crippen molar-refractivity contribution in [3.8, 4) is 0 Å². The Morgan fingerprint density at radius 3 is 3.09 bits per heavy atom. The molecule has 1 amide bonds. The number of amides is 1. The summed E-state index contributed by atoms with van der Waals surface area (Å²) in [6.45, 7) is 1.18. The zero-order valence-corrected chi connectivity index (χ0v) is 6.62. The number of rotatable bonds is 2. The third-order valence-corrected chi connectivity index (χ3v) is 1.98. The Kier molecular flexibility index (Phi) is 2.70. The minimum absolute atomic E-state index is 0.0810. The lowest BCUT2D eigenvalue weighted by molar-refractivity contribution is 0.0991. The molecule has 0 unspecified atom stereocenters. The maximum atomic E-state index is 10.6. The van der Waals surface area contributed by atoms with E-state index in [1.807, 2.05) is 0 Å². The monoisotopic (exact) mass is 159 g/mol. The van der Waals surface area contributed by atoms with Gasteiger partial charge in [0.2, 0.25) is 0 Å². The molecule has 0 spiro atoms. The molecule has 0 radical (unpaired) electrons. The van der Waals surface area contributed by atoms with Crippen molar-refractivity contribution in [1.82, 2.24) is 4.90 Å². The highest BCUT2D eigenvalue weighted by atomic mass is 16.5. The summed E-state index contributed by atoms with van der Waals surface area (Å²) in [5.41, 5.74) is 0. The van der Waals surface area contributed by atoms with E-state index >= 15 is 0 Å². The first-order chi connectivity index (χ1) is 5.25. The first kappa shape index (κ1) is 8.33. The molecule has 0 aromatic heterocycles. The average Bonchev–Trinajstić information content (AvgIpc) is 2.36. The van der Waals surface area contributed by atoms with Gasteiger partial charge in [0, 0.05) is 13.7 Å². The summed E-state index contributed by atoms with van der Waals surface area (Å²) in [6.07, 6.45) is 1.06. The molecule has 1 aliphatic rings. The van der Waals surface area contributed by atoms with Crippen LogP contribution in [0.1, 0.15) is 12.8 Å². The van der Waals surface area contributed by atoms with Gasteiger partial charge in [-0.05, 0) is 12.8 Å². The van der Waals surface area contributed by atoms with Gasteiger partial charge in [-0.3, -0.25) is 0 Å². The van der Waals surface area contributed by atoms with Crippen LogP contribution in [0.25, 0.3) is 0 Å². The molecule has 0 aromatic rings. The fourth-order valence-electron chi connectivity index (χ4n) is 1.45. The van der Waals surface area contributed by atoms with Crippen LogP contribution in [0, 0.1) is 0 Å². The van der Waals surface area contributed by atoms with E-state index in [9.17, 15) is 4.79 Å². The molecule has 1 aliphatic heterocycles. The van der Waals surface area contributed by atoms with E-state index in [1.54, 1.807) is 7.11 Å². The number of carboxylic acid groups (broad SMARTS) is 1. The molecule has 4 nitrogen and oxygen atoms in total. The minimum atomic E-state index is -0.829. The predicted molar refractivity (Wildman–Crippen MR) is 39.6 cm³/mol. The molecule has 1 rings (SSSR count). The van der Waals surface area contributed by atoms with Crippen LogP contribution in [0.5, 0.6) is 0 Å². The first-order valence-corrected chi connectivity index (χ1v) is 3.74. The van der Waals surface area contributed by atoms with E-state index < -0.39 is 6.09 Å². The lowest BCUT2D eigenvalue weighted by Crippen LogP contribution is -2.36. The highest BCUT2D eigenvalue weighted by Gasteiger charge is 2.27. The average molecular weight is 159 g/mol. The highest BCUT2D eigenvalue weighted by molar-refractivity contribution is 5.65. The predicted octanol–water partition coefficient (Wildman–Crippen LogP) is 0.775. The highest BCUT2D eigenvalue weighted by Crippen LogP contribution is 2.16. The summed E-state index contributed by atoms with van der Waals surface area (Å²) >= 11 is 0. The van der Waals surface area contributed by atoms with Gasteiger partial charge in [-0.25, -0.2) is 4.79 Å². The van der Waals surface area contributed by atoms with Crippen molar-refractivity contribution in [3.63, 3.8) is 0 Å². The van der Waals surface area contributed by atoms with E-state index in [1.165, 1.54) is 4.90 Å². The summed E-state index contributed by atoms with van der Waals surface area (Å²) in [6, 6.07) is 0.0810. The third-order valence-electron chi connectivity index (χ3n) is 1.98. The Bertz CT molecular complexity index is 149. The van der Waals surface area contributed by atoms with Gasteiger partial charge >= 0.3 is 6.09 Å². The number of methoxy groups -OCH3 is 1. The van der Waals surface area contributed by atoms with Gasteiger partial charge in [-0.15, -0.1) is 0 Å². The van der Waals surface area contributed by atoms with Crippen molar-refractivity contribution in [3.05, 3.63) is 0 Å². The largest absolute Gasteiger partial charge is 0.465 e. The Morgan fingerprint density at radius 1 is 1.82 bits per heavy atom. The molecule has 11 heavy (non-hydrogen) atoms. The zero-order valence-electron chi connectivity index (χ0n) is 6.62. The van der Waals surface area contributed by atoms with Gasteiger partial charge in [0.15, 0.2) is 0 Å². The molecular formula is C7H13NO3. The Hall–Kier alpha value is -0.770. The first-order valence-electron chi connectivity index (χ1n) is 3.74. The van der Waals surface area contributed by atoms with Crippen LogP contribution in [-0.2, 0) is 4.74 Å². The van der Waals surface area contributed by atoms with Gasteiger partial charge in [0.25, 0.3) is 0 Å². The number of nitrogens with zero attached hydrogens (tertiary/aromatic N) is 1. The summed E-state index contributed by atoms with van der Waals surface area (Å²) in [4.78, 5) is 12.0. The van der Waals surface area contributed by atoms with E-state index in [2.05, 4.69) is 0 Å². The number of ether oxygens (including phenoxy) is 1. The van der Waals surface area contributed by atoms with E-state index in [0.29, 0.717) is 13.2 Å². The normalized spacial score (nSPS) is 24.1. The van der Waals surface area contributed by atoms with E-state index in [4.69, 9.17) is 9.84 Å². The molecule has 1 heterocycles. The second kappa shape index (κ2) is 3.57. The van der Waals surface area contributed by atoms with Crippen molar-refractivity contribution in [2.75, 3.05) is 20.3 Å². The zero-order chi connectivity index (χ0) is 8.27. The van der Waals surface area contributed by atoms with Crippen molar-refractivity contribution < 1.29 is 14.6 Å². The van der Waals surface area contributed by atoms with Crippen molar-refractivity contribution >= 4 is 6.09 Å². The van der Waals surface area contributed by atoms with Crippen LogP contribution in [0.15, 0.2) is 0 Å². The van der Waals surface area contributed by atoms with Gasteiger partial charge in [-0.2, -0.15) is 0 Å². The molecule has 4 heteroatoms. The number of hydrogen-bond donors (Lipinski definition) is 1. The lowest BCUT2D eigenvalue weighted by Gasteiger charge is -2.20. The van der Waals surface area contributed by atoms with Gasteiger partial charge in [0.05, 0.1) is 12.6 Å². The summed E-state index contributed by atoms with van der Waals surface area (Å²) in [5, 5.41) is 8.68. The maximum absolute atomic E-state index is 10.6. The lowest BCUT2D eigenvalue weighted by atomic mass is 10.2. The molecule has 1 atom stereocenters. The maximum Gasteiger partial charge on any atom is 0.407 e. The van der Waals surface area contributed by atoms with Crippen LogP contribution >= 0.6 is 0 Å². The quantitative estimate of drug-likeness (QED) is 0.647. The third kappa shape index (κ3) is 1.83. The molecule has 1 N–H and O–H groups in total. The standard InChI is InChI=1S/C7H13NO3/c1-11-5-6-3-2-4-8(6)7(9)10/h6H,2-5H2,1H3,(H,9,10)/t6-/m0/s1. The molecule has 0 aliphatic carbocycles. The van der Waals surface area contributed by atoms with Crippen LogP contribution in [0.3, 0.4) is 0 Å². The topological polar surface area (TPSA) is 49.8 Å². The molecule has 0 bridgehead atoms. The second-order valence-corrected chi connectivity index (χ2v) is 2.73. The van der Waals surface area contributed by atoms with Gasteiger partial charge in [-0.1, -0.05) is 0 Å². The number of likely N-dealkylation sites (tertiary alicyclic amines) is 1. The van der Waals surface area contributed by atoms with Gasteiger partial charge in [0.1, 0.15) is 0 Å². The summed E-state index contributed by atoms with van der Waals surface area (Å²) < 4.78 is 4.90. The Balaban J connectivity index is 2.44. The summed E-state index contributed by atoms with van der Waals surface area (Å²) in [5.74, 6) is 0. The molecule has 1 fully saturated rings. The Labute approximate surface area is 65.8 Å². The fourth-order valence-corrected chi connectivity index (χ4v) is 1.45. The molecule has 0 aromatic carbocycles. The molecule has 64 valence electrons. The summed E-state index contributed by atoms with van der Waals surface area (Å²) in [7, 11) is 1.60. The van der Waals surface area contributed by atoms with Gasteiger partial charge < -0.3 is 14.7 Å². The van der Waals surface area contributed by atoms with Crippen LogP contribution < -0.4 is 0 Å². The van der Waals surface area contributed by atoms with Crippen molar-refractivity contribution in [1.29, 1.82) is 0 Å². The second-order valence-electron chi connectivity index (χ2n) is 2.73. The van der Waals surface area contributed by atoms with Crippen molar-refractivity contribution in [2.24, 2.45) is 0 Å². The minimum Gasteiger partial charge on any atom is -0.465 e. The van der Waals surface area contributed by atoms with Crippen LogP contribution in [0.2, 0.25) is 0 Å². The smallest absolute Gasteiger partial charge is 0.407 e. The van der Waals surface area contributed by atoms with E-state index in [-0.39, 0.29) is 6.04 Å². The molecule has 0 saturated carbocycles. The SMILES string of the molecule is COC[C@@H]1CCCN1C(=O)O. The fraction of sp³-hybridized carbons (Fsp3) is 0.857.